The summed E-state index contributed by atoms with van der Waals surface area (Å²) in [7, 11) is 0. The van der Waals surface area contributed by atoms with Gasteiger partial charge in [0.15, 0.2) is 0 Å². The van der Waals surface area contributed by atoms with Gasteiger partial charge in [0.05, 0.1) is 16.2 Å². The molecule has 0 bridgehead atoms. The van der Waals surface area contributed by atoms with E-state index >= 15 is 0 Å². The maximum Gasteiger partial charge on any atom is 0.270 e. The van der Waals surface area contributed by atoms with Crippen LogP contribution in [0.3, 0.4) is 0 Å². The molecule has 0 heterocycles. The van der Waals surface area contributed by atoms with Crippen LogP contribution in [0.25, 0.3) is 0 Å². The fourth-order valence-corrected chi connectivity index (χ4v) is 1.91. The number of hydrogen-bond donors (Lipinski definition) is 1. The summed E-state index contributed by atoms with van der Waals surface area (Å²) >= 11 is 0. The molecule has 21 heavy (non-hydrogen) atoms. The van der Waals surface area contributed by atoms with Crippen molar-refractivity contribution in [1.82, 2.24) is 0 Å². The van der Waals surface area contributed by atoms with Crippen molar-refractivity contribution in [3.8, 4) is 6.07 Å². The van der Waals surface area contributed by atoms with Gasteiger partial charge in [0.1, 0.15) is 11.9 Å². The fourth-order valence-electron chi connectivity index (χ4n) is 1.91. The number of aryl methyl sites for hydroxylation is 1. The van der Waals surface area contributed by atoms with Crippen LogP contribution in [0, 0.1) is 34.2 Å². The van der Waals surface area contributed by atoms with Crippen molar-refractivity contribution in [2.24, 2.45) is 0 Å². The highest BCUT2D eigenvalue weighted by molar-refractivity contribution is 5.61. The van der Waals surface area contributed by atoms with Gasteiger partial charge in [-0.25, -0.2) is 4.39 Å². The fraction of sp³-hybridized carbons (Fsp3) is 0.133. The number of rotatable bonds is 4. The first-order valence-electron chi connectivity index (χ1n) is 6.18. The lowest BCUT2D eigenvalue weighted by molar-refractivity contribution is -0.384. The average Bonchev–Trinajstić information content (AvgIpc) is 2.48. The zero-order valence-corrected chi connectivity index (χ0v) is 11.3. The Hall–Kier alpha value is -2.94. The van der Waals surface area contributed by atoms with Crippen LogP contribution in [0.15, 0.2) is 36.4 Å². The van der Waals surface area contributed by atoms with E-state index < -0.39 is 4.92 Å². The molecule has 2 aromatic rings. The van der Waals surface area contributed by atoms with Gasteiger partial charge in [-0.15, -0.1) is 0 Å². The Bertz CT molecular complexity index is 738. The van der Waals surface area contributed by atoms with Gasteiger partial charge >= 0.3 is 0 Å². The first kappa shape index (κ1) is 14.5. The van der Waals surface area contributed by atoms with Crippen molar-refractivity contribution < 1.29 is 9.31 Å². The molecule has 0 atom stereocenters. The second-order valence-electron chi connectivity index (χ2n) is 4.54. The summed E-state index contributed by atoms with van der Waals surface area (Å²) in [5, 5.41) is 22.7. The maximum atomic E-state index is 13.2. The third-order valence-electron chi connectivity index (χ3n) is 3.04. The Labute approximate surface area is 120 Å². The summed E-state index contributed by atoms with van der Waals surface area (Å²) in [5.74, 6) is -0.271. The van der Waals surface area contributed by atoms with Crippen molar-refractivity contribution in [2.45, 2.75) is 13.5 Å². The quantitative estimate of drug-likeness (QED) is 0.688. The molecule has 0 amide bonds. The van der Waals surface area contributed by atoms with Crippen molar-refractivity contribution in [1.29, 1.82) is 5.26 Å². The molecule has 0 aromatic heterocycles. The van der Waals surface area contributed by atoms with Crippen LogP contribution in [-0.4, -0.2) is 4.92 Å². The Kier molecular flexibility index (Phi) is 4.14. The molecule has 0 fully saturated rings. The number of nitrogens with zero attached hydrogens (tertiary/aromatic N) is 2. The van der Waals surface area contributed by atoms with Crippen LogP contribution < -0.4 is 5.32 Å². The molecule has 2 aromatic carbocycles. The molecule has 0 spiro atoms. The highest BCUT2D eigenvalue weighted by Gasteiger charge is 2.10. The number of nitro groups is 1. The number of benzene rings is 2. The van der Waals surface area contributed by atoms with Crippen LogP contribution in [0.4, 0.5) is 15.8 Å². The highest BCUT2D eigenvalue weighted by Crippen LogP contribution is 2.22. The second kappa shape index (κ2) is 6.01. The minimum absolute atomic E-state index is 0.130. The van der Waals surface area contributed by atoms with E-state index in [1.54, 1.807) is 19.1 Å². The first-order chi connectivity index (χ1) is 10.0. The van der Waals surface area contributed by atoms with Crippen LogP contribution in [-0.2, 0) is 6.54 Å². The summed E-state index contributed by atoms with van der Waals surface area (Å²) in [4.78, 5) is 10.1. The molecule has 0 unspecified atom stereocenters. The number of nitrogens with one attached hydrogen (secondary N) is 1. The van der Waals surface area contributed by atoms with E-state index in [0.717, 1.165) is 5.56 Å². The summed E-state index contributed by atoms with van der Waals surface area (Å²) < 4.78 is 13.2. The maximum absolute atomic E-state index is 13.2. The number of halogens is 1. The van der Waals surface area contributed by atoms with Crippen molar-refractivity contribution in [3.05, 3.63) is 69.0 Å². The Morgan fingerprint density at radius 1 is 1.33 bits per heavy atom. The predicted octanol–water partition coefficient (Wildman–Crippen LogP) is 3.53. The molecule has 0 aliphatic carbocycles. The van der Waals surface area contributed by atoms with E-state index in [1.807, 2.05) is 6.07 Å². The molecular formula is C15H12FN3O2. The van der Waals surface area contributed by atoms with Gasteiger partial charge in [-0.1, -0.05) is 12.1 Å². The van der Waals surface area contributed by atoms with Gasteiger partial charge < -0.3 is 5.32 Å². The third kappa shape index (κ3) is 3.34. The van der Waals surface area contributed by atoms with Gasteiger partial charge in [-0.2, -0.15) is 5.26 Å². The van der Waals surface area contributed by atoms with Gasteiger partial charge in [0.25, 0.3) is 5.69 Å². The largest absolute Gasteiger partial charge is 0.380 e. The predicted molar refractivity (Wildman–Crippen MR) is 76.3 cm³/mol. The van der Waals surface area contributed by atoms with Crippen LogP contribution >= 0.6 is 0 Å². The van der Waals surface area contributed by atoms with E-state index in [2.05, 4.69) is 5.32 Å². The monoisotopic (exact) mass is 285 g/mol. The number of nitriles is 1. The molecule has 1 N–H and O–H groups in total. The van der Waals surface area contributed by atoms with Gasteiger partial charge in [-0.05, 0) is 30.2 Å². The Morgan fingerprint density at radius 2 is 2.10 bits per heavy atom. The van der Waals surface area contributed by atoms with E-state index in [-0.39, 0.29) is 17.1 Å². The van der Waals surface area contributed by atoms with E-state index in [9.17, 15) is 14.5 Å². The number of non-ortho nitro benzene ring substituents is 1. The number of anilines is 1. The van der Waals surface area contributed by atoms with Crippen LogP contribution in [0.1, 0.15) is 16.7 Å². The van der Waals surface area contributed by atoms with Crippen molar-refractivity contribution in [2.75, 3.05) is 5.32 Å². The van der Waals surface area contributed by atoms with E-state index in [1.165, 1.54) is 24.3 Å². The first-order valence-corrected chi connectivity index (χ1v) is 6.18. The van der Waals surface area contributed by atoms with Crippen LogP contribution in [0.5, 0.6) is 0 Å². The van der Waals surface area contributed by atoms with E-state index in [4.69, 9.17) is 5.26 Å². The molecule has 0 aliphatic heterocycles. The molecule has 0 radical (unpaired) electrons. The molecule has 0 saturated carbocycles. The van der Waals surface area contributed by atoms with Crippen molar-refractivity contribution in [3.63, 3.8) is 0 Å². The molecular weight excluding hydrogens is 273 g/mol. The van der Waals surface area contributed by atoms with Crippen LogP contribution in [0.2, 0.25) is 0 Å². The summed E-state index contributed by atoms with van der Waals surface area (Å²) in [5.41, 5.74) is 1.97. The minimum Gasteiger partial charge on any atom is -0.380 e. The lowest BCUT2D eigenvalue weighted by Crippen LogP contribution is -2.02. The topological polar surface area (TPSA) is 79.0 Å². The van der Waals surface area contributed by atoms with E-state index in [0.29, 0.717) is 17.8 Å². The Balaban J connectivity index is 2.18. The summed E-state index contributed by atoms with van der Waals surface area (Å²) in [6, 6.07) is 10.7. The Morgan fingerprint density at radius 3 is 2.71 bits per heavy atom. The summed E-state index contributed by atoms with van der Waals surface area (Å²) in [6.07, 6.45) is 0. The average molecular weight is 285 g/mol. The zero-order chi connectivity index (χ0) is 15.4. The number of hydrogen-bond acceptors (Lipinski definition) is 4. The number of nitro benzene ring substituents is 1. The van der Waals surface area contributed by atoms with Gasteiger partial charge in [-0.3, -0.25) is 10.1 Å². The SMILES string of the molecule is Cc1cc(CNc2ccc([N+](=O)[O-])cc2C#N)ccc1F. The molecule has 0 aliphatic rings. The lowest BCUT2D eigenvalue weighted by Gasteiger charge is -2.09. The third-order valence-corrected chi connectivity index (χ3v) is 3.04. The van der Waals surface area contributed by atoms with Gasteiger partial charge in [0, 0.05) is 18.7 Å². The van der Waals surface area contributed by atoms with Crippen molar-refractivity contribution >= 4 is 11.4 Å². The molecule has 106 valence electrons. The highest BCUT2D eigenvalue weighted by atomic mass is 19.1. The zero-order valence-electron chi connectivity index (χ0n) is 11.3. The van der Waals surface area contributed by atoms with Gasteiger partial charge in [0.2, 0.25) is 0 Å². The second-order valence-corrected chi connectivity index (χ2v) is 4.54. The molecule has 2 rings (SSSR count). The smallest absolute Gasteiger partial charge is 0.270 e. The minimum atomic E-state index is -0.548. The molecule has 6 heteroatoms. The molecule has 5 nitrogen and oxygen atoms in total. The lowest BCUT2D eigenvalue weighted by atomic mass is 10.1. The normalized spacial score (nSPS) is 9.95. The molecule has 0 saturated heterocycles. The standard InChI is InChI=1S/C15H12FN3O2/c1-10-6-11(2-4-14(10)16)9-18-15-5-3-13(19(20)21)7-12(15)8-17/h2-7,18H,9H2,1H3. The summed E-state index contributed by atoms with van der Waals surface area (Å²) in [6.45, 7) is 2.07.